The van der Waals surface area contributed by atoms with E-state index in [1.807, 2.05) is 39.0 Å². The normalized spacial score (nSPS) is 19.8. The third-order valence-corrected chi connectivity index (χ3v) is 5.24. The van der Waals surface area contributed by atoms with E-state index in [1.165, 1.54) is 0 Å². The highest BCUT2D eigenvalue weighted by Gasteiger charge is 2.33. The SMILES string of the molecule is Cc1cc(C(=O)C(C)N2CCC[C@@H]2CO)c(C)n1Cc1ccco1. The summed E-state index contributed by atoms with van der Waals surface area (Å²) in [5, 5.41) is 9.52. The maximum atomic E-state index is 13.0. The van der Waals surface area contributed by atoms with Crippen LogP contribution in [0.2, 0.25) is 0 Å². The van der Waals surface area contributed by atoms with Crippen molar-refractivity contribution in [2.45, 2.75) is 52.2 Å². The predicted molar refractivity (Wildman–Crippen MR) is 92.3 cm³/mol. The van der Waals surface area contributed by atoms with Gasteiger partial charge in [0, 0.05) is 23.0 Å². The summed E-state index contributed by atoms with van der Waals surface area (Å²) in [7, 11) is 0. The van der Waals surface area contributed by atoms with E-state index in [4.69, 9.17) is 4.42 Å². The molecule has 5 nitrogen and oxygen atoms in total. The van der Waals surface area contributed by atoms with Gasteiger partial charge >= 0.3 is 0 Å². The number of Topliss-reactive ketones (excluding diaryl/α,β-unsaturated/α-hetero) is 1. The van der Waals surface area contributed by atoms with Gasteiger partial charge in [-0.15, -0.1) is 0 Å². The molecule has 2 atom stereocenters. The first kappa shape index (κ1) is 17.0. The molecule has 2 aromatic heterocycles. The number of hydrogen-bond donors (Lipinski definition) is 1. The lowest BCUT2D eigenvalue weighted by Gasteiger charge is -2.28. The number of carbonyl (C=O) groups excluding carboxylic acids is 1. The topological polar surface area (TPSA) is 58.6 Å². The largest absolute Gasteiger partial charge is 0.467 e. The lowest BCUT2D eigenvalue weighted by Crippen LogP contribution is -2.43. The Bertz CT molecular complexity index is 703. The molecule has 2 aromatic rings. The van der Waals surface area contributed by atoms with Crippen molar-refractivity contribution in [3.05, 3.63) is 47.2 Å². The second-order valence-electron chi connectivity index (χ2n) is 6.71. The zero-order valence-electron chi connectivity index (χ0n) is 14.7. The Hall–Kier alpha value is -1.85. The molecule has 3 heterocycles. The first-order valence-corrected chi connectivity index (χ1v) is 8.63. The maximum Gasteiger partial charge on any atom is 0.181 e. The van der Waals surface area contributed by atoms with Crippen molar-refractivity contribution in [3.63, 3.8) is 0 Å². The van der Waals surface area contributed by atoms with E-state index in [-0.39, 0.29) is 24.5 Å². The fourth-order valence-electron chi connectivity index (χ4n) is 3.79. The van der Waals surface area contributed by atoms with Gasteiger partial charge in [-0.3, -0.25) is 9.69 Å². The maximum absolute atomic E-state index is 13.0. The molecule has 1 aliphatic heterocycles. The van der Waals surface area contributed by atoms with Gasteiger partial charge in [0.1, 0.15) is 5.76 Å². The zero-order chi connectivity index (χ0) is 17.3. The molecule has 1 N–H and O–H groups in total. The van der Waals surface area contributed by atoms with Crippen LogP contribution in [0, 0.1) is 13.8 Å². The molecule has 3 rings (SSSR count). The van der Waals surface area contributed by atoms with Gasteiger partial charge in [0.2, 0.25) is 0 Å². The Morgan fingerprint density at radius 2 is 2.25 bits per heavy atom. The number of carbonyl (C=O) groups is 1. The third kappa shape index (κ3) is 3.06. The number of ketones is 1. The summed E-state index contributed by atoms with van der Waals surface area (Å²) in [6.45, 7) is 7.59. The molecule has 24 heavy (non-hydrogen) atoms. The summed E-state index contributed by atoms with van der Waals surface area (Å²) in [4.78, 5) is 15.2. The van der Waals surface area contributed by atoms with Crippen molar-refractivity contribution < 1.29 is 14.3 Å². The molecule has 1 unspecified atom stereocenters. The van der Waals surface area contributed by atoms with E-state index in [0.717, 1.165) is 42.1 Å². The smallest absolute Gasteiger partial charge is 0.181 e. The van der Waals surface area contributed by atoms with Crippen LogP contribution in [0.3, 0.4) is 0 Å². The van der Waals surface area contributed by atoms with Crippen LogP contribution in [0.1, 0.15) is 47.3 Å². The van der Waals surface area contributed by atoms with Crippen LogP contribution < -0.4 is 0 Å². The van der Waals surface area contributed by atoms with Crippen molar-refractivity contribution in [1.82, 2.24) is 9.47 Å². The quantitative estimate of drug-likeness (QED) is 0.828. The average Bonchev–Trinajstić information content (AvgIpc) is 3.30. The molecule has 0 spiro atoms. The first-order chi connectivity index (χ1) is 11.5. The highest BCUT2D eigenvalue weighted by Crippen LogP contribution is 2.24. The molecule has 1 aliphatic rings. The number of aliphatic hydroxyl groups excluding tert-OH is 1. The molecule has 1 fully saturated rings. The summed E-state index contributed by atoms with van der Waals surface area (Å²) in [5.74, 6) is 1.01. The van der Waals surface area contributed by atoms with Crippen LogP contribution in [-0.4, -0.2) is 45.6 Å². The molecular weight excluding hydrogens is 304 g/mol. The second kappa shape index (κ2) is 6.95. The van der Waals surface area contributed by atoms with Gasteiger partial charge in [-0.25, -0.2) is 0 Å². The number of rotatable bonds is 6. The fourth-order valence-corrected chi connectivity index (χ4v) is 3.79. The van der Waals surface area contributed by atoms with Crippen LogP contribution in [0.4, 0.5) is 0 Å². The van der Waals surface area contributed by atoms with Crippen molar-refractivity contribution in [2.24, 2.45) is 0 Å². The molecule has 0 saturated carbocycles. The van der Waals surface area contributed by atoms with Gasteiger partial charge < -0.3 is 14.1 Å². The lowest BCUT2D eigenvalue weighted by atomic mass is 10.0. The van der Waals surface area contributed by atoms with Crippen molar-refractivity contribution >= 4 is 5.78 Å². The molecule has 0 aromatic carbocycles. The van der Waals surface area contributed by atoms with Gasteiger partial charge in [-0.05, 0) is 58.4 Å². The molecule has 130 valence electrons. The lowest BCUT2D eigenvalue weighted by molar-refractivity contribution is 0.0757. The number of aliphatic hydroxyl groups is 1. The minimum Gasteiger partial charge on any atom is -0.467 e. The van der Waals surface area contributed by atoms with Gasteiger partial charge in [0.25, 0.3) is 0 Å². The molecule has 1 saturated heterocycles. The molecule has 0 aliphatic carbocycles. The Morgan fingerprint density at radius 3 is 2.92 bits per heavy atom. The molecular formula is C19H26N2O3. The Labute approximate surface area is 142 Å². The van der Waals surface area contributed by atoms with E-state index >= 15 is 0 Å². The number of nitrogens with zero attached hydrogens (tertiary/aromatic N) is 2. The second-order valence-corrected chi connectivity index (χ2v) is 6.71. The van der Waals surface area contributed by atoms with Gasteiger partial charge in [0.05, 0.1) is 25.5 Å². The number of likely N-dealkylation sites (tertiary alicyclic amines) is 1. The molecule has 5 heteroatoms. The van der Waals surface area contributed by atoms with Crippen molar-refractivity contribution in [2.75, 3.05) is 13.2 Å². The first-order valence-electron chi connectivity index (χ1n) is 8.63. The number of furan rings is 1. The predicted octanol–water partition coefficient (Wildman–Crippen LogP) is 2.77. The monoisotopic (exact) mass is 330 g/mol. The Balaban J connectivity index is 1.82. The standard InChI is InChI=1S/C19H26N2O3/c1-13-10-18(14(2)21(13)11-17-7-5-9-24-17)19(23)15(3)20-8-4-6-16(20)12-22/h5,7,9-10,15-16,22H,4,6,8,11-12H2,1-3H3/t15?,16-/m1/s1. The Kier molecular flexibility index (Phi) is 4.92. The van der Waals surface area contributed by atoms with Gasteiger partial charge in [0.15, 0.2) is 5.78 Å². The van der Waals surface area contributed by atoms with Gasteiger partial charge in [-0.2, -0.15) is 0 Å². The van der Waals surface area contributed by atoms with Gasteiger partial charge in [-0.1, -0.05) is 0 Å². The van der Waals surface area contributed by atoms with E-state index in [2.05, 4.69) is 9.47 Å². The average molecular weight is 330 g/mol. The molecule has 0 amide bonds. The van der Waals surface area contributed by atoms with Crippen LogP contribution in [-0.2, 0) is 6.54 Å². The molecule has 0 bridgehead atoms. The number of aromatic nitrogens is 1. The summed E-state index contributed by atoms with van der Waals surface area (Å²) in [5.41, 5.74) is 2.80. The van der Waals surface area contributed by atoms with Crippen LogP contribution >= 0.6 is 0 Å². The van der Waals surface area contributed by atoms with Crippen molar-refractivity contribution in [1.29, 1.82) is 0 Å². The number of aryl methyl sites for hydroxylation is 1. The number of hydrogen-bond acceptors (Lipinski definition) is 4. The molecule has 0 radical (unpaired) electrons. The van der Waals surface area contributed by atoms with Crippen LogP contribution in [0.5, 0.6) is 0 Å². The third-order valence-electron chi connectivity index (χ3n) is 5.24. The summed E-state index contributed by atoms with van der Waals surface area (Å²) in [6.07, 6.45) is 3.67. The van der Waals surface area contributed by atoms with Crippen LogP contribution in [0.25, 0.3) is 0 Å². The summed E-state index contributed by atoms with van der Waals surface area (Å²) in [6, 6.07) is 5.69. The van der Waals surface area contributed by atoms with E-state index in [1.54, 1.807) is 6.26 Å². The van der Waals surface area contributed by atoms with Crippen LogP contribution in [0.15, 0.2) is 28.9 Å². The summed E-state index contributed by atoms with van der Waals surface area (Å²) < 4.78 is 7.55. The zero-order valence-corrected chi connectivity index (χ0v) is 14.7. The fraction of sp³-hybridized carbons (Fsp3) is 0.526. The minimum absolute atomic E-state index is 0.107. The highest BCUT2D eigenvalue weighted by atomic mass is 16.3. The summed E-state index contributed by atoms with van der Waals surface area (Å²) >= 11 is 0. The highest BCUT2D eigenvalue weighted by molar-refractivity contribution is 6.01. The van der Waals surface area contributed by atoms with Crippen molar-refractivity contribution in [3.8, 4) is 0 Å². The minimum atomic E-state index is -0.206. The van der Waals surface area contributed by atoms with E-state index < -0.39 is 0 Å². The Morgan fingerprint density at radius 1 is 1.46 bits per heavy atom. The van der Waals surface area contributed by atoms with E-state index in [0.29, 0.717) is 6.54 Å². The van der Waals surface area contributed by atoms with E-state index in [9.17, 15) is 9.90 Å².